The summed E-state index contributed by atoms with van der Waals surface area (Å²) in [5, 5.41) is 8.85. The molecule has 0 spiro atoms. The molecule has 0 aromatic carbocycles. The van der Waals surface area contributed by atoms with E-state index in [9.17, 15) is 18.0 Å². The minimum absolute atomic E-state index is 0.00322. The van der Waals surface area contributed by atoms with Crippen molar-refractivity contribution in [2.75, 3.05) is 33.8 Å². The van der Waals surface area contributed by atoms with Gasteiger partial charge in [-0.05, 0) is 6.42 Å². The molecule has 19 heavy (non-hydrogen) atoms. The molecule has 1 fully saturated rings. The molecule has 1 rings (SSSR count). The van der Waals surface area contributed by atoms with Crippen molar-refractivity contribution in [2.45, 2.75) is 12.8 Å². The number of carboxylic acids is 1. The molecule has 1 unspecified atom stereocenters. The summed E-state index contributed by atoms with van der Waals surface area (Å²) in [4.78, 5) is 21.8. The molecule has 0 radical (unpaired) electrons. The third kappa shape index (κ3) is 3.88. The topological polar surface area (TPSA) is 104 Å². The van der Waals surface area contributed by atoms with Crippen molar-refractivity contribution in [1.29, 1.82) is 0 Å². The van der Waals surface area contributed by atoms with Gasteiger partial charge in [-0.15, -0.1) is 0 Å². The Morgan fingerprint density at radius 2 is 2.11 bits per heavy atom. The molecule has 1 heterocycles. The van der Waals surface area contributed by atoms with Gasteiger partial charge < -0.3 is 9.84 Å². The van der Waals surface area contributed by atoms with Crippen molar-refractivity contribution >= 4 is 22.1 Å². The molecule has 0 aromatic heterocycles. The van der Waals surface area contributed by atoms with Gasteiger partial charge in [-0.1, -0.05) is 0 Å². The normalized spacial score (nSPS) is 20.7. The zero-order valence-electron chi connectivity index (χ0n) is 10.9. The molecule has 1 aliphatic rings. The van der Waals surface area contributed by atoms with Crippen molar-refractivity contribution in [3.05, 3.63) is 0 Å². The highest BCUT2D eigenvalue weighted by molar-refractivity contribution is 7.86. The fourth-order valence-corrected chi connectivity index (χ4v) is 3.22. The summed E-state index contributed by atoms with van der Waals surface area (Å²) in [6.45, 7) is 0.158. The lowest BCUT2D eigenvalue weighted by atomic mass is 10.1. The SMILES string of the molecule is COC(=O)CCN(C)S(=O)(=O)N1CCC(C(=O)O)C1. The second kappa shape index (κ2) is 6.31. The largest absolute Gasteiger partial charge is 0.481 e. The van der Waals surface area contributed by atoms with Crippen LogP contribution in [0, 0.1) is 5.92 Å². The average molecular weight is 294 g/mol. The van der Waals surface area contributed by atoms with Gasteiger partial charge in [0.15, 0.2) is 0 Å². The van der Waals surface area contributed by atoms with Crippen molar-refractivity contribution in [1.82, 2.24) is 8.61 Å². The first kappa shape index (κ1) is 15.9. The first-order valence-corrected chi connectivity index (χ1v) is 7.19. The number of hydrogen-bond acceptors (Lipinski definition) is 5. The van der Waals surface area contributed by atoms with E-state index in [1.807, 2.05) is 0 Å². The van der Waals surface area contributed by atoms with Crippen molar-refractivity contribution in [3.8, 4) is 0 Å². The standard InChI is InChI=1S/C10H18N2O6S/c1-11(5-4-9(13)18-2)19(16,17)12-6-3-8(7-12)10(14)15/h8H,3-7H2,1-2H3,(H,14,15). The summed E-state index contributed by atoms with van der Waals surface area (Å²) in [6, 6.07) is 0. The number of aliphatic carboxylic acids is 1. The van der Waals surface area contributed by atoms with Crippen LogP contribution in [0.15, 0.2) is 0 Å². The molecule has 0 bridgehead atoms. The Kier molecular flexibility index (Phi) is 5.27. The first-order chi connectivity index (χ1) is 8.78. The summed E-state index contributed by atoms with van der Waals surface area (Å²) >= 11 is 0. The van der Waals surface area contributed by atoms with E-state index in [1.54, 1.807) is 0 Å². The number of carboxylic acid groups (broad SMARTS) is 1. The number of hydrogen-bond donors (Lipinski definition) is 1. The van der Waals surface area contributed by atoms with Crippen LogP contribution in [-0.4, -0.2) is 67.9 Å². The third-order valence-corrected chi connectivity index (χ3v) is 5.03. The lowest BCUT2D eigenvalue weighted by molar-refractivity contribution is -0.141. The smallest absolute Gasteiger partial charge is 0.307 e. The Balaban J connectivity index is 2.60. The van der Waals surface area contributed by atoms with E-state index in [0.29, 0.717) is 6.42 Å². The van der Waals surface area contributed by atoms with Crippen LogP contribution in [0.2, 0.25) is 0 Å². The second-order valence-electron chi connectivity index (χ2n) is 4.34. The highest BCUT2D eigenvalue weighted by Crippen LogP contribution is 2.21. The van der Waals surface area contributed by atoms with E-state index < -0.39 is 28.1 Å². The molecule has 110 valence electrons. The molecule has 9 heteroatoms. The van der Waals surface area contributed by atoms with Crippen LogP contribution in [0.5, 0.6) is 0 Å². The monoisotopic (exact) mass is 294 g/mol. The van der Waals surface area contributed by atoms with Gasteiger partial charge in [-0.2, -0.15) is 17.0 Å². The van der Waals surface area contributed by atoms with Crippen LogP contribution < -0.4 is 0 Å². The van der Waals surface area contributed by atoms with E-state index in [4.69, 9.17) is 5.11 Å². The molecule has 1 saturated heterocycles. The van der Waals surface area contributed by atoms with E-state index in [1.165, 1.54) is 14.2 Å². The predicted molar refractivity (Wildman–Crippen MR) is 65.5 cm³/mol. The number of carbonyl (C=O) groups excluding carboxylic acids is 1. The molecular formula is C10H18N2O6S. The summed E-state index contributed by atoms with van der Waals surface area (Å²) in [5.74, 6) is -2.15. The van der Waals surface area contributed by atoms with Crippen molar-refractivity contribution in [2.24, 2.45) is 5.92 Å². The number of esters is 1. The summed E-state index contributed by atoms with van der Waals surface area (Å²) in [5.41, 5.74) is 0. The second-order valence-corrected chi connectivity index (χ2v) is 6.37. The number of rotatable bonds is 6. The Morgan fingerprint density at radius 3 is 2.58 bits per heavy atom. The lowest BCUT2D eigenvalue weighted by Gasteiger charge is -2.23. The molecule has 0 aliphatic carbocycles. The fraction of sp³-hybridized carbons (Fsp3) is 0.800. The zero-order valence-corrected chi connectivity index (χ0v) is 11.7. The molecule has 0 aromatic rings. The summed E-state index contributed by atoms with van der Waals surface area (Å²) < 4.78 is 30.8. The van der Waals surface area contributed by atoms with Crippen LogP contribution >= 0.6 is 0 Å². The maximum absolute atomic E-state index is 12.1. The fourth-order valence-electron chi connectivity index (χ4n) is 1.80. The molecule has 1 atom stereocenters. The van der Waals surface area contributed by atoms with Crippen LogP contribution in [-0.2, 0) is 24.5 Å². The molecule has 0 saturated carbocycles. The van der Waals surface area contributed by atoms with Gasteiger partial charge in [0, 0.05) is 26.7 Å². The zero-order chi connectivity index (χ0) is 14.6. The maximum atomic E-state index is 12.1. The van der Waals surface area contributed by atoms with Gasteiger partial charge in [0.05, 0.1) is 19.4 Å². The van der Waals surface area contributed by atoms with Crippen LogP contribution in [0.4, 0.5) is 0 Å². The van der Waals surface area contributed by atoms with Gasteiger partial charge >= 0.3 is 11.9 Å². The Bertz CT molecular complexity index is 449. The third-order valence-electron chi connectivity index (χ3n) is 3.08. The molecule has 8 nitrogen and oxygen atoms in total. The van der Waals surface area contributed by atoms with E-state index in [-0.39, 0.29) is 26.1 Å². The number of nitrogens with zero attached hydrogens (tertiary/aromatic N) is 2. The van der Waals surface area contributed by atoms with E-state index >= 15 is 0 Å². The van der Waals surface area contributed by atoms with Gasteiger partial charge in [-0.3, -0.25) is 9.59 Å². The van der Waals surface area contributed by atoms with Crippen LogP contribution in [0.25, 0.3) is 0 Å². The summed E-state index contributed by atoms with van der Waals surface area (Å²) in [7, 11) is -1.13. The van der Waals surface area contributed by atoms with Crippen molar-refractivity contribution < 1.29 is 27.9 Å². The molecule has 1 aliphatic heterocycles. The van der Waals surface area contributed by atoms with Crippen LogP contribution in [0.1, 0.15) is 12.8 Å². The molecular weight excluding hydrogens is 276 g/mol. The number of methoxy groups -OCH3 is 1. The van der Waals surface area contributed by atoms with E-state index in [0.717, 1.165) is 8.61 Å². The molecule has 0 amide bonds. The molecule has 1 N–H and O–H groups in total. The van der Waals surface area contributed by atoms with E-state index in [2.05, 4.69) is 4.74 Å². The maximum Gasteiger partial charge on any atom is 0.307 e. The van der Waals surface area contributed by atoms with Crippen LogP contribution in [0.3, 0.4) is 0 Å². The number of carbonyl (C=O) groups is 2. The quantitative estimate of drug-likeness (QED) is 0.639. The Hall–Kier alpha value is -1.19. The van der Waals surface area contributed by atoms with Gasteiger partial charge in [0.25, 0.3) is 10.2 Å². The Morgan fingerprint density at radius 1 is 1.47 bits per heavy atom. The number of ether oxygens (including phenoxy) is 1. The Labute approximate surface area is 112 Å². The van der Waals surface area contributed by atoms with Gasteiger partial charge in [0.2, 0.25) is 0 Å². The van der Waals surface area contributed by atoms with Gasteiger partial charge in [0.1, 0.15) is 0 Å². The average Bonchev–Trinajstić information content (AvgIpc) is 2.85. The predicted octanol–water partition coefficient (Wildman–Crippen LogP) is -0.867. The lowest BCUT2D eigenvalue weighted by Crippen LogP contribution is -2.41. The highest BCUT2D eigenvalue weighted by atomic mass is 32.2. The highest BCUT2D eigenvalue weighted by Gasteiger charge is 2.36. The summed E-state index contributed by atoms with van der Waals surface area (Å²) in [6.07, 6.45) is 0.266. The first-order valence-electron chi connectivity index (χ1n) is 5.80. The minimum Gasteiger partial charge on any atom is -0.481 e. The van der Waals surface area contributed by atoms with Crippen molar-refractivity contribution in [3.63, 3.8) is 0 Å². The minimum atomic E-state index is -3.71. The van der Waals surface area contributed by atoms with Gasteiger partial charge in [-0.25, -0.2) is 0 Å².